The number of nitrogens with zero attached hydrogens (tertiary/aromatic N) is 1. The Morgan fingerprint density at radius 3 is 2.51 bits per heavy atom. The molecule has 2 aliphatic rings. The predicted octanol–water partition coefficient (Wildman–Crippen LogP) is 8.61. The number of benzene rings is 4. The number of likely N-dealkylation sites (tertiary alicyclic amines) is 1. The van der Waals surface area contributed by atoms with Crippen LogP contribution in [0.2, 0.25) is 5.02 Å². The molecule has 0 amide bonds. The van der Waals surface area contributed by atoms with Gasteiger partial charge in [0, 0.05) is 30.2 Å². The third-order valence-electron chi connectivity index (χ3n) is 8.76. The fraction of sp³-hybridized carbons (Fsp3) is 0.289. The first-order valence-corrected chi connectivity index (χ1v) is 15.9. The zero-order valence-electron chi connectivity index (χ0n) is 25.4. The standard InChI is InChI=1S/C38H37ClFNO4/c1-44-38(43)35-8-3-2-7-31(35)27-12-16-32-26(22-27)6-4-9-34(33-17-13-28(39)23-36(33)42)37(32)25-10-14-29(15-11-25)45-30-18-21-41(24-30)20-5-19-40/h2-3,7-8,10-17,22-23,30,42H,4-6,9,18-21,24H2,1H3. The number of aromatic hydroxyl groups is 1. The molecule has 45 heavy (non-hydrogen) atoms. The minimum atomic E-state index is -0.367. The van der Waals surface area contributed by atoms with Gasteiger partial charge in [0.15, 0.2) is 0 Å². The van der Waals surface area contributed by atoms with Crippen molar-refractivity contribution in [2.75, 3.05) is 33.4 Å². The Bertz CT molecular complexity index is 1720. The lowest BCUT2D eigenvalue weighted by atomic mass is 9.86. The summed E-state index contributed by atoms with van der Waals surface area (Å²) in [6.45, 7) is 2.20. The fourth-order valence-corrected chi connectivity index (χ4v) is 6.78. The third-order valence-corrected chi connectivity index (χ3v) is 9.00. The monoisotopic (exact) mass is 625 g/mol. The van der Waals surface area contributed by atoms with Crippen LogP contribution in [0, 0.1) is 0 Å². The van der Waals surface area contributed by atoms with Crippen LogP contribution in [0.1, 0.15) is 58.3 Å². The molecule has 7 heteroatoms. The predicted molar refractivity (Wildman–Crippen MR) is 178 cm³/mol. The summed E-state index contributed by atoms with van der Waals surface area (Å²) in [5.74, 6) is 0.589. The molecular formula is C38H37ClFNO4. The van der Waals surface area contributed by atoms with Gasteiger partial charge in [-0.3, -0.25) is 9.29 Å². The van der Waals surface area contributed by atoms with E-state index < -0.39 is 0 Å². The lowest BCUT2D eigenvalue weighted by Gasteiger charge is -2.19. The molecule has 6 rings (SSSR count). The van der Waals surface area contributed by atoms with Gasteiger partial charge in [-0.15, -0.1) is 0 Å². The highest BCUT2D eigenvalue weighted by atomic mass is 35.5. The molecule has 1 aliphatic heterocycles. The molecule has 1 atom stereocenters. The van der Waals surface area contributed by atoms with Crippen LogP contribution in [0.4, 0.5) is 4.39 Å². The number of phenols is 1. The van der Waals surface area contributed by atoms with Gasteiger partial charge < -0.3 is 14.6 Å². The number of allylic oxidation sites excluding steroid dienone is 1. The van der Waals surface area contributed by atoms with Crippen molar-refractivity contribution in [3.05, 3.63) is 118 Å². The molecule has 0 bridgehead atoms. The summed E-state index contributed by atoms with van der Waals surface area (Å²) in [6.07, 6.45) is 4.06. The second-order valence-electron chi connectivity index (χ2n) is 11.7. The quantitative estimate of drug-likeness (QED) is 0.189. The van der Waals surface area contributed by atoms with Crippen molar-refractivity contribution in [2.45, 2.75) is 38.2 Å². The highest BCUT2D eigenvalue weighted by Gasteiger charge is 2.25. The van der Waals surface area contributed by atoms with E-state index in [1.165, 1.54) is 12.7 Å². The second kappa shape index (κ2) is 13.9. The van der Waals surface area contributed by atoms with E-state index in [-0.39, 0.29) is 24.5 Å². The number of phenolic OH excluding ortho intramolecular Hbond substituents is 1. The molecule has 0 spiro atoms. The maximum Gasteiger partial charge on any atom is 0.338 e. The highest BCUT2D eigenvalue weighted by molar-refractivity contribution is 6.30. The first-order chi connectivity index (χ1) is 21.9. The van der Waals surface area contributed by atoms with Gasteiger partial charge in [-0.2, -0.15) is 0 Å². The summed E-state index contributed by atoms with van der Waals surface area (Å²) < 4.78 is 24.0. The zero-order chi connectivity index (χ0) is 31.3. The number of hydrogen-bond acceptors (Lipinski definition) is 5. The molecule has 1 saturated heterocycles. The number of carbonyl (C=O) groups excluding carboxylic acids is 1. The summed E-state index contributed by atoms with van der Waals surface area (Å²) in [7, 11) is 1.40. The summed E-state index contributed by atoms with van der Waals surface area (Å²) in [5, 5.41) is 11.5. The van der Waals surface area contributed by atoms with Crippen molar-refractivity contribution < 1.29 is 23.8 Å². The average molecular weight is 626 g/mol. The molecule has 4 aromatic carbocycles. The van der Waals surface area contributed by atoms with Crippen LogP contribution in [0.25, 0.3) is 22.3 Å². The Labute approximate surface area is 268 Å². The van der Waals surface area contributed by atoms with Crippen molar-refractivity contribution in [3.63, 3.8) is 0 Å². The van der Waals surface area contributed by atoms with Gasteiger partial charge in [-0.25, -0.2) is 4.79 Å². The van der Waals surface area contributed by atoms with E-state index in [0.29, 0.717) is 17.0 Å². The third kappa shape index (κ3) is 6.77. The molecule has 1 fully saturated rings. The van der Waals surface area contributed by atoms with E-state index in [4.69, 9.17) is 21.1 Å². The SMILES string of the molecule is COC(=O)c1ccccc1-c1ccc2c(c1)CCCC(c1ccc(Cl)cc1O)=C2c1ccc(OC2CCN(CCCF)C2)cc1. The number of rotatable bonds is 9. The summed E-state index contributed by atoms with van der Waals surface area (Å²) in [4.78, 5) is 14.8. The van der Waals surface area contributed by atoms with Crippen LogP contribution < -0.4 is 4.74 Å². The summed E-state index contributed by atoms with van der Waals surface area (Å²) in [6, 6.07) is 27.4. The number of carbonyl (C=O) groups is 1. The van der Waals surface area contributed by atoms with Crippen LogP contribution in [-0.2, 0) is 11.2 Å². The van der Waals surface area contributed by atoms with E-state index in [1.54, 1.807) is 12.1 Å². The maximum atomic E-state index is 12.6. The van der Waals surface area contributed by atoms with Crippen molar-refractivity contribution in [1.82, 2.24) is 4.90 Å². The Balaban J connectivity index is 1.39. The molecule has 1 unspecified atom stereocenters. The van der Waals surface area contributed by atoms with Crippen molar-refractivity contribution in [3.8, 4) is 22.6 Å². The van der Waals surface area contributed by atoms with Crippen LogP contribution in [0.15, 0.2) is 84.9 Å². The van der Waals surface area contributed by atoms with E-state index >= 15 is 0 Å². The van der Waals surface area contributed by atoms with Crippen molar-refractivity contribution >= 4 is 28.7 Å². The van der Waals surface area contributed by atoms with Crippen LogP contribution in [0.5, 0.6) is 11.5 Å². The molecule has 0 radical (unpaired) electrons. The Kier molecular flexibility index (Phi) is 9.53. The molecule has 1 heterocycles. The van der Waals surface area contributed by atoms with Crippen LogP contribution >= 0.6 is 11.6 Å². The van der Waals surface area contributed by atoms with E-state index in [1.807, 2.05) is 42.5 Å². The molecule has 5 nitrogen and oxygen atoms in total. The maximum absolute atomic E-state index is 12.6. The molecule has 1 N–H and O–H groups in total. The molecule has 1 aliphatic carbocycles. The number of hydrogen-bond donors (Lipinski definition) is 1. The average Bonchev–Trinajstić information content (AvgIpc) is 3.42. The minimum absolute atomic E-state index is 0.0844. The van der Waals surface area contributed by atoms with Gasteiger partial charge >= 0.3 is 5.97 Å². The van der Waals surface area contributed by atoms with Crippen LogP contribution in [0.3, 0.4) is 0 Å². The van der Waals surface area contributed by atoms with Gasteiger partial charge in [0.25, 0.3) is 0 Å². The largest absolute Gasteiger partial charge is 0.507 e. The molecule has 4 aromatic rings. The Hall–Kier alpha value is -4.13. The molecular weight excluding hydrogens is 589 g/mol. The Morgan fingerprint density at radius 2 is 1.73 bits per heavy atom. The van der Waals surface area contributed by atoms with E-state index in [2.05, 4.69) is 35.2 Å². The Morgan fingerprint density at radius 1 is 0.956 bits per heavy atom. The topological polar surface area (TPSA) is 59.0 Å². The lowest BCUT2D eigenvalue weighted by Crippen LogP contribution is -2.26. The first kappa shape index (κ1) is 30.9. The van der Waals surface area contributed by atoms with E-state index in [9.17, 15) is 14.3 Å². The van der Waals surface area contributed by atoms with Gasteiger partial charge in [0.05, 0.1) is 19.3 Å². The minimum Gasteiger partial charge on any atom is -0.507 e. The number of alkyl halides is 1. The molecule has 232 valence electrons. The van der Waals surface area contributed by atoms with Crippen LogP contribution in [-0.4, -0.2) is 55.5 Å². The smallest absolute Gasteiger partial charge is 0.338 e. The zero-order valence-corrected chi connectivity index (χ0v) is 26.2. The van der Waals surface area contributed by atoms with Crippen molar-refractivity contribution in [1.29, 1.82) is 0 Å². The summed E-state index contributed by atoms with van der Waals surface area (Å²) in [5.41, 5.74) is 8.46. The van der Waals surface area contributed by atoms with Crippen molar-refractivity contribution in [2.24, 2.45) is 0 Å². The number of halogens is 2. The second-order valence-corrected chi connectivity index (χ2v) is 12.1. The van der Waals surface area contributed by atoms with Gasteiger partial charge in [0.2, 0.25) is 0 Å². The highest BCUT2D eigenvalue weighted by Crippen LogP contribution is 2.44. The van der Waals surface area contributed by atoms with Gasteiger partial charge in [0.1, 0.15) is 17.6 Å². The van der Waals surface area contributed by atoms with Gasteiger partial charge in [-0.05, 0) is 107 Å². The van der Waals surface area contributed by atoms with Gasteiger partial charge in [-0.1, -0.05) is 60.1 Å². The van der Waals surface area contributed by atoms with E-state index in [0.717, 1.165) is 90.0 Å². The number of esters is 1. The first-order valence-electron chi connectivity index (χ1n) is 15.5. The number of ether oxygens (including phenoxy) is 2. The lowest BCUT2D eigenvalue weighted by molar-refractivity contribution is 0.0601. The molecule has 0 aromatic heterocycles. The number of aryl methyl sites for hydroxylation is 1. The normalized spacial score (nSPS) is 16.7. The fourth-order valence-electron chi connectivity index (χ4n) is 6.61. The molecule has 0 saturated carbocycles. The number of methoxy groups -OCH3 is 1. The number of fused-ring (bicyclic) bond motifs is 1. The summed E-state index contributed by atoms with van der Waals surface area (Å²) >= 11 is 6.22.